The molecule has 0 aromatic carbocycles. The maximum atomic E-state index is 13.1. The van der Waals surface area contributed by atoms with Crippen molar-refractivity contribution >= 4 is 39.5 Å². The number of rotatable bonds is 78. The lowest BCUT2D eigenvalue weighted by molar-refractivity contribution is -0.161. The van der Waals surface area contributed by atoms with Crippen LogP contribution in [-0.4, -0.2) is 96.7 Å². The van der Waals surface area contributed by atoms with Crippen LogP contribution in [0.4, 0.5) is 0 Å². The van der Waals surface area contributed by atoms with Gasteiger partial charge in [0.2, 0.25) is 0 Å². The smallest absolute Gasteiger partial charge is 0.462 e. The summed E-state index contributed by atoms with van der Waals surface area (Å²) in [6.07, 6.45) is 92.3. The maximum Gasteiger partial charge on any atom is 0.472 e. The number of hydrogen-bond acceptors (Lipinski definition) is 15. The lowest BCUT2D eigenvalue weighted by Crippen LogP contribution is -2.30. The normalized spacial score (nSPS) is 14.5. The first-order valence-corrected chi connectivity index (χ1v) is 45.1. The lowest BCUT2D eigenvalue weighted by Gasteiger charge is -2.21. The fourth-order valence-corrected chi connectivity index (χ4v) is 12.6. The topological polar surface area (TPSA) is 237 Å². The van der Waals surface area contributed by atoms with Crippen LogP contribution in [0.5, 0.6) is 0 Å². The molecule has 17 nitrogen and oxygen atoms in total. The van der Waals surface area contributed by atoms with Crippen LogP contribution in [0.3, 0.4) is 0 Å². The minimum Gasteiger partial charge on any atom is -0.462 e. The summed E-state index contributed by atoms with van der Waals surface area (Å²) in [4.78, 5) is 73.2. The molecule has 0 aliphatic carbocycles. The summed E-state index contributed by atoms with van der Waals surface area (Å²) in [6.45, 7) is 4.50. The standard InChI is InChI=1S/C89H150O17P2/c1-5-9-13-17-21-25-29-33-37-40-41-44-47-50-54-58-62-66-70-74-87(92)100-80-85(106-89(94)76-72-68-64-60-56-52-48-43-39-35-31-27-23-19-15-11-7-3)82-104-108(97,98)102-78-83(90)77-101-107(95,96)103-81-84(105-88(93)75-71-67-63-59-55-51-45-36-32-28-24-20-16-12-8-4)79-99-86(91)73-69-65-61-57-53-49-46-42-38-34-30-26-22-18-14-10-6-2/h9-11,13-15,21-23,25-27,33-39,41,44-45,50,54,83-85,90H,5-8,12,16-20,24,28-32,40,42-43,46-49,51-53,55-82H2,1-4H3,(H,95,96)(H,97,98)/b13-9-,14-10-,15-11-,25-21-,26-22-,27-23-,37-33-,38-34-,39-35-,44-41-,45-36-,54-50-. The minimum atomic E-state index is -5.00. The monoisotopic (exact) mass is 1550 g/mol. The van der Waals surface area contributed by atoms with Crippen molar-refractivity contribution in [1.29, 1.82) is 0 Å². The van der Waals surface area contributed by atoms with Gasteiger partial charge in [-0.1, -0.05) is 296 Å². The molecule has 19 heteroatoms. The molecule has 0 bridgehead atoms. The number of hydrogen-bond donors (Lipinski definition) is 3. The first-order valence-electron chi connectivity index (χ1n) is 42.1. The SMILES string of the molecule is CC/C=C\C/C=C\C/C=C\C/C=C\C/C=C\CCCCCC(=O)OCC(COP(=O)(O)OCC(O)COP(=O)(O)OCC(COC(=O)CCCCCCCCC/C=C\C/C=C\C/C=C\CC)OC(=O)CCCCCCC/C=C\CCCCCCCC)OC(=O)CCCCCCCCC/C=C\C/C=C\C/C=C\CC. The van der Waals surface area contributed by atoms with E-state index < -0.39 is 97.5 Å². The molecule has 0 radical (unpaired) electrons. The summed E-state index contributed by atoms with van der Waals surface area (Å²) in [7, 11) is -9.99. The quantitative estimate of drug-likeness (QED) is 0.0169. The average molecular weight is 1550 g/mol. The number of ether oxygens (including phenoxy) is 4. The number of carbonyl (C=O) groups is 4. The van der Waals surface area contributed by atoms with E-state index in [1.165, 1.54) is 38.5 Å². The molecule has 3 N–H and O–H groups in total. The Bertz CT molecular complexity index is 2610. The molecule has 618 valence electrons. The Hall–Kier alpha value is -5.06. The number of carbonyl (C=O) groups excluding carboxylic acids is 4. The van der Waals surface area contributed by atoms with E-state index in [-0.39, 0.29) is 25.7 Å². The van der Waals surface area contributed by atoms with Crippen LogP contribution >= 0.6 is 15.6 Å². The van der Waals surface area contributed by atoms with Crippen LogP contribution in [0, 0.1) is 0 Å². The molecule has 0 aliphatic heterocycles. The molecule has 0 aliphatic rings. The molecule has 0 amide bonds. The van der Waals surface area contributed by atoms with Gasteiger partial charge in [0.15, 0.2) is 12.2 Å². The summed E-state index contributed by atoms with van der Waals surface area (Å²) in [5, 5.41) is 10.7. The molecule has 5 atom stereocenters. The Morgan fingerprint density at radius 1 is 0.269 bits per heavy atom. The van der Waals surface area contributed by atoms with Crippen LogP contribution in [0.25, 0.3) is 0 Å². The van der Waals surface area contributed by atoms with Gasteiger partial charge in [0.25, 0.3) is 0 Å². The predicted octanol–water partition coefficient (Wildman–Crippen LogP) is 25.0. The molecule has 0 saturated carbocycles. The highest BCUT2D eigenvalue weighted by atomic mass is 31.2. The van der Waals surface area contributed by atoms with Gasteiger partial charge in [0, 0.05) is 25.7 Å². The van der Waals surface area contributed by atoms with Crippen LogP contribution in [0.1, 0.15) is 336 Å². The summed E-state index contributed by atoms with van der Waals surface area (Å²) in [5.74, 6) is -2.24. The third kappa shape index (κ3) is 79.0. The van der Waals surface area contributed by atoms with Crippen molar-refractivity contribution in [2.24, 2.45) is 0 Å². The first kappa shape index (κ1) is 103. The van der Waals surface area contributed by atoms with Crippen LogP contribution in [0.15, 0.2) is 146 Å². The number of aliphatic hydroxyl groups excluding tert-OH is 1. The number of phosphoric ester groups is 2. The van der Waals surface area contributed by atoms with Gasteiger partial charge in [0.05, 0.1) is 26.4 Å². The zero-order chi connectivity index (χ0) is 78.9. The molecule has 0 saturated heterocycles. The second-order valence-corrected chi connectivity index (χ2v) is 30.5. The highest BCUT2D eigenvalue weighted by Crippen LogP contribution is 2.45. The molecule has 0 aromatic heterocycles. The summed E-state index contributed by atoms with van der Waals surface area (Å²) >= 11 is 0. The molecule has 0 aromatic rings. The number of esters is 4. The second-order valence-electron chi connectivity index (χ2n) is 27.6. The molecule has 5 unspecified atom stereocenters. The zero-order valence-electron chi connectivity index (χ0n) is 67.7. The van der Waals surface area contributed by atoms with E-state index in [2.05, 4.69) is 174 Å². The van der Waals surface area contributed by atoms with Gasteiger partial charge in [0.1, 0.15) is 19.3 Å². The molecular weight excluding hydrogens is 1400 g/mol. The Balaban J connectivity index is 5.43. The van der Waals surface area contributed by atoms with Crippen molar-refractivity contribution in [2.45, 2.75) is 354 Å². The van der Waals surface area contributed by atoms with Crippen LogP contribution < -0.4 is 0 Å². The highest BCUT2D eigenvalue weighted by molar-refractivity contribution is 7.47. The molecular formula is C89H150O17P2. The summed E-state index contributed by atoms with van der Waals surface area (Å²) < 4.78 is 68.8. The van der Waals surface area contributed by atoms with Gasteiger partial charge in [-0.25, -0.2) is 9.13 Å². The highest BCUT2D eigenvalue weighted by Gasteiger charge is 2.30. The second kappa shape index (κ2) is 80.0. The number of phosphoric acid groups is 2. The molecule has 0 heterocycles. The van der Waals surface area contributed by atoms with Crippen LogP contribution in [-0.2, 0) is 65.4 Å². The van der Waals surface area contributed by atoms with Crippen molar-refractivity contribution in [3.8, 4) is 0 Å². The first-order chi connectivity index (χ1) is 52.7. The Morgan fingerprint density at radius 3 is 0.759 bits per heavy atom. The average Bonchev–Trinajstić information content (AvgIpc) is 0.906. The molecule has 0 fully saturated rings. The van der Waals surface area contributed by atoms with Gasteiger partial charge in [-0.05, 0) is 161 Å². The molecule has 108 heavy (non-hydrogen) atoms. The van der Waals surface area contributed by atoms with E-state index in [1.807, 2.05) is 0 Å². The van der Waals surface area contributed by atoms with E-state index in [4.69, 9.17) is 37.0 Å². The number of unbranched alkanes of at least 4 members (excludes halogenated alkanes) is 28. The zero-order valence-corrected chi connectivity index (χ0v) is 69.5. The van der Waals surface area contributed by atoms with Gasteiger partial charge < -0.3 is 33.8 Å². The largest absolute Gasteiger partial charge is 0.472 e. The van der Waals surface area contributed by atoms with Crippen molar-refractivity contribution in [2.75, 3.05) is 39.6 Å². The van der Waals surface area contributed by atoms with E-state index in [1.54, 1.807) is 0 Å². The summed E-state index contributed by atoms with van der Waals surface area (Å²) in [5.41, 5.74) is 0. The fourth-order valence-electron chi connectivity index (χ4n) is 11.0. The molecule has 0 spiro atoms. The van der Waals surface area contributed by atoms with Gasteiger partial charge in [-0.15, -0.1) is 0 Å². The number of aliphatic hydroxyl groups is 1. The fraction of sp³-hybridized carbons (Fsp3) is 0.685. The van der Waals surface area contributed by atoms with Crippen molar-refractivity contribution in [3.05, 3.63) is 146 Å². The predicted molar refractivity (Wildman–Crippen MR) is 445 cm³/mol. The lowest BCUT2D eigenvalue weighted by atomic mass is 10.1. The van der Waals surface area contributed by atoms with E-state index in [9.17, 15) is 43.2 Å². The van der Waals surface area contributed by atoms with Gasteiger partial charge in [-0.2, -0.15) is 0 Å². The van der Waals surface area contributed by atoms with E-state index in [0.717, 1.165) is 218 Å². The van der Waals surface area contributed by atoms with E-state index >= 15 is 0 Å². The molecule has 0 rings (SSSR count). The Labute approximate surface area is 656 Å². The Kier molecular flexibility index (Phi) is 76.3. The van der Waals surface area contributed by atoms with Gasteiger partial charge in [-0.3, -0.25) is 37.3 Å². The van der Waals surface area contributed by atoms with Crippen molar-refractivity contribution in [1.82, 2.24) is 0 Å². The third-order valence-corrected chi connectivity index (χ3v) is 19.2. The maximum absolute atomic E-state index is 13.1. The third-order valence-electron chi connectivity index (χ3n) is 17.3. The van der Waals surface area contributed by atoms with Crippen molar-refractivity contribution in [3.63, 3.8) is 0 Å². The summed E-state index contributed by atoms with van der Waals surface area (Å²) in [6, 6.07) is 0. The minimum absolute atomic E-state index is 0.0719. The van der Waals surface area contributed by atoms with Crippen molar-refractivity contribution < 1.29 is 80.2 Å². The Morgan fingerprint density at radius 2 is 0.481 bits per heavy atom. The number of allylic oxidation sites excluding steroid dienone is 24. The van der Waals surface area contributed by atoms with E-state index in [0.29, 0.717) is 25.7 Å². The van der Waals surface area contributed by atoms with Crippen LogP contribution in [0.2, 0.25) is 0 Å². The van der Waals surface area contributed by atoms with Gasteiger partial charge >= 0.3 is 39.5 Å².